The van der Waals surface area contributed by atoms with Gasteiger partial charge in [-0.1, -0.05) is 12.0 Å². The fourth-order valence-corrected chi connectivity index (χ4v) is 7.44. The Morgan fingerprint density at radius 1 is 1.18 bits per heavy atom. The predicted octanol–water partition coefficient (Wildman–Crippen LogP) is 4.90. The summed E-state index contributed by atoms with van der Waals surface area (Å²) < 4.78 is 52.2. The Labute approximate surface area is 252 Å². The molecule has 0 radical (unpaired) electrons. The molecule has 3 atom stereocenters. The number of halogens is 3. The van der Waals surface area contributed by atoms with Crippen LogP contribution in [0.3, 0.4) is 0 Å². The monoisotopic (exact) mass is 603 g/mol. The number of fused-ring (bicyclic) bond motifs is 2. The largest absolute Gasteiger partial charge is 0.508 e. The SMILES string of the molecule is C#Cc1c(F)ccc2cc(O)cc(-c3nc4c5c(nc(OC[C@@]67CCCN6C[C@H](F)C7)nc5c3F)N(C)[C@@H](C(C)(C)O)C4)c12. The Balaban J connectivity index is 1.44. The lowest BCUT2D eigenvalue weighted by molar-refractivity contribution is 0.0492. The average molecular weight is 604 g/mol. The summed E-state index contributed by atoms with van der Waals surface area (Å²) in [5.74, 6) is 1.03. The lowest BCUT2D eigenvalue weighted by atomic mass is 9.88. The zero-order valence-corrected chi connectivity index (χ0v) is 24.7. The molecule has 4 aromatic rings. The van der Waals surface area contributed by atoms with E-state index in [0.717, 1.165) is 19.4 Å². The third kappa shape index (κ3) is 4.34. The molecule has 7 rings (SSSR count). The van der Waals surface area contributed by atoms with Crippen LogP contribution in [-0.2, 0) is 6.42 Å². The number of rotatable bonds is 5. The van der Waals surface area contributed by atoms with Gasteiger partial charge in [0, 0.05) is 37.4 Å². The van der Waals surface area contributed by atoms with E-state index in [2.05, 4.69) is 20.8 Å². The highest BCUT2D eigenvalue weighted by atomic mass is 19.1. The summed E-state index contributed by atoms with van der Waals surface area (Å²) in [4.78, 5) is 17.8. The number of anilines is 1. The molecule has 5 heterocycles. The van der Waals surface area contributed by atoms with Gasteiger partial charge >= 0.3 is 6.01 Å². The van der Waals surface area contributed by atoms with Gasteiger partial charge in [0.15, 0.2) is 5.82 Å². The summed E-state index contributed by atoms with van der Waals surface area (Å²) in [5, 5.41) is 22.7. The highest BCUT2D eigenvalue weighted by molar-refractivity contribution is 6.03. The molecule has 3 aliphatic heterocycles. The summed E-state index contributed by atoms with van der Waals surface area (Å²) in [6.07, 6.45) is 7.02. The summed E-state index contributed by atoms with van der Waals surface area (Å²) in [7, 11) is 1.76. The number of aliphatic hydroxyl groups is 1. The quantitative estimate of drug-likeness (QED) is 0.312. The van der Waals surface area contributed by atoms with Gasteiger partial charge in [0.25, 0.3) is 0 Å². The molecular formula is C33H32F3N5O3. The van der Waals surface area contributed by atoms with Crippen molar-refractivity contribution in [1.29, 1.82) is 0 Å². The Morgan fingerprint density at radius 3 is 2.73 bits per heavy atom. The van der Waals surface area contributed by atoms with Crippen molar-refractivity contribution < 1.29 is 28.1 Å². The molecule has 0 bridgehead atoms. The molecule has 0 aliphatic carbocycles. The number of ether oxygens (including phenoxy) is 1. The Bertz CT molecular complexity index is 1890. The summed E-state index contributed by atoms with van der Waals surface area (Å²) in [6, 6.07) is 4.79. The Kier molecular flexibility index (Phi) is 6.47. The Morgan fingerprint density at radius 2 is 1.98 bits per heavy atom. The van der Waals surface area contributed by atoms with Crippen LogP contribution >= 0.6 is 0 Å². The summed E-state index contributed by atoms with van der Waals surface area (Å²) in [6.45, 7) is 4.63. The molecule has 2 aromatic heterocycles. The molecule has 0 spiro atoms. The van der Waals surface area contributed by atoms with Crippen LogP contribution in [0.15, 0.2) is 24.3 Å². The number of phenolic OH excluding ortho intramolecular Hbond substituents is 1. The van der Waals surface area contributed by atoms with Crippen LogP contribution in [0.25, 0.3) is 32.9 Å². The normalized spacial score (nSPS) is 23.4. The number of phenols is 1. The number of pyridine rings is 1. The first-order chi connectivity index (χ1) is 20.9. The van der Waals surface area contributed by atoms with Crippen molar-refractivity contribution >= 4 is 27.5 Å². The highest BCUT2D eigenvalue weighted by Crippen LogP contribution is 2.44. The van der Waals surface area contributed by atoms with Crippen molar-refractivity contribution in [1.82, 2.24) is 19.9 Å². The predicted molar refractivity (Wildman–Crippen MR) is 161 cm³/mol. The molecule has 2 fully saturated rings. The van der Waals surface area contributed by atoms with Crippen molar-refractivity contribution in [3.63, 3.8) is 0 Å². The van der Waals surface area contributed by atoms with Gasteiger partial charge < -0.3 is 19.8 Å². The highest BCUT2D eigenvalue weighted by Gasteiger charge is 2.49. The van der Waals surface area contributed by atoms with E-state index in [1.54, 1.807) is 25.8 Å². The first kappa shape index (κ1) is 28.6. The van der Waals surface area contributed by atoms with E-state index in [-0.39, 0.29) is 52.5 Å². The van der Waals surface area contributed by atoms with Gasteiger partial charge in [0.2, 0.25) is 0 Å². The van der Waals surface area contributed by atoms with Crippen LogP contribution in [0, 0.1) is 24.0 Å². The zero-order chi connectivity index (χ0) is 31.1. The standard InChI is InChI=1S/C33H32F3N5O3/c1-5-20-22(35)8-7-17-11-19(42)12-21(25(17)20)28-27(36)29-26-23(37-28)13-24(32(2,3)43)40(4)30(26)39-31(38-29)44-16-33-9-6-10-41(33)15-18(34)14-33/h1,7-8,11-12,18,24,42-43H,6,9-10,13-16H2,2-4H3/t18-,24-,33+/m1/s1. The maximum atomic E-state index is 16.8. The van der Waals surface area contributed by atoms with Crippen molar-refractivity contribution in [2.75, 3.05) is 31.6 Å². The number of nitrogens with zero attached hydrogens (tertiary/aromatic N) is 5. The summed E-state index contributed by atoms with van der Waals surface area (Å²) >= 11 is 0. The van der Waals surface area contributed by atoms with Crippen LogP contribution in [0.4, 0.5) is 19.0 Å². The second-order valence-electron chi connectivity index (χ2n) is 12.8. The van der Waals surface area contributed by atoms with Gasteiger partial charge in [-0.05, 0) is 56.8 Å². The van der Waals surface area contributed by atoms with Crippen LogP contribution in [0.2, 0.25) is 0 Å². The van der Waals surface area contributed by atoms with E-state index in [1.807, 2.05) is 0 Å². The van der Waals surface area contributed by atoms with E-state index in [9.17, 15) is 19.0 Å². The molecule has 3 aliphatic rings. The molecule has 0 amide bonds. The minimum atomic E-state index is -1.21. The van der Waals surface area contributed by atoms with E-state index in [1.165, 1.54) is 24.3 Å². The minimum Gasteiger partial charge on any atom is -0.508 e. The molecule has 11 heteroatoms. The van der Waals surface area contributed by atoms with Gasteiger partial charge in [-0.3, -0.25) is 4.90 Å². The van der Waals surface area contributed by atoms with Gasteiger partial charge in [-0.25, -0.2) is 18.2 Å². The molecule has 2 saturated heterocycles. The molecule has 44 heavy (non-hydrogen) atoms. The smallest absolute Gasteiger partial charge is 0.319 e. The van der Waals surface area contributed by atoms with Gasteiger partial charge in [-0.2, -0.15) is 9.97 Å². The fourth-order valence-electron chi connectivity index (χ4n) is 7.44. The van der Waals surface area contributed by atoms with Crippen molar-refractivity contribution in [2.45, 2.75) is 62.9 Å². The first-order valence-electron chi connectivity index (χ1n) is 14.7. The minimum absolute atomic E-state index is 0.0724. The maximum Gasteiger partial charge on any atom is 0.319 e. The second-order valence-corrected chi connectivity index (χ2v) is 12.8. The zero-order valence-electron chi connectivity index (χ0n) is 24.7. The number of aromatic hydroxyl groups is 1. The van der Waals surface area contributed by atoms with Crippen LogP contribution in [0.5, 0.6) is 11.8 Å². The molecule has 228 valence electrons. The van der Waals surface area contributed by atoms with E-state index >= 15 is 4.39 Å². The third-order valence-electron chi connectivity index (χ3n) is 9.51. The lowest BCUT2D eigenvalue weighted by Gasteiger charge is -2.41. The number of alkyl halides is 1. The van der Waals surface area contributed by atoms with E-state index in [4.69, 9.17) is 16.1 Å². The maximum absolute atomic E-state index is 16.8. The van der Waals surface area contributed by atoms with Crippen molar-refractivity contribution in [2.24, 2.45) is 0 Å². The van der Waals surface area contributed by atoms with Crippen LogP contribution in [-0.4, -0.2) is 80.2 Å². The van der Waals surface area contributed by atoms with Gasteiger partial charge in [-0.15, -0.1) is 6.42 Å². The molecule has 2 aromatic carbocycles. The van der Waals surface area contributed by atoms with Gasteiger partial charge in [0.05, 0.1) is 33.8 Å². The average Bonchev–Trinajstić information content (AvgIpc) is 3.49. The molecular weight excluding hydrogens is 571 g/mol. The fraction of sp³-hybridized carbons (Fsp3) is 0.424. The van der Waals surface area contributed by atoms with Gasteiger partial charge in [0.1, 0.15) is 41.4 Å². The number of benzene rings is 2. The van der Waals surface area contributed by atoms with Crippen LogP contribution in [0.1, 0.15) is 44.4 Å². The number of hydrogen-bond acceptors (Lipinski definition) is 8. The van der Waals surface area contributed by atoms with E-state index < -0.39 is 35.0 Å². The second kappa shape index (κ2) is 9.94. The summed E-state index contributed by atoms with van der Waals surface area (Å²) in [5.41, 5.74) is -1.49. The van der Waals surface area contributed by atoms with Crippen molar-refractivity contribution in [3.05, 3.63) is 47.2 Å². The molecule has 2 N–H and O–H groups in total. The number of likely N-dealkylation sites (N-methyl/N-ethyl adjacent to an activating group) is 1. The van der Waals surface area contributed by atoms with E-state index in [0.29, 0.717) is 35.2 Å². The van der Waals surface area contributed by atoms with Crippen molar-refractivity contribution in [3.8, 4) is 35.4 Å². The molecule has 8 nitrogen and oxygen atoms in total. The number of aromatic nitrogens is 3. The van der Waals surface area contributed by atoms with Crippen LogP contribution < -0.4 is 9.64 Å². The number of terminal acetylenes is 1. The Hall–Kier alpha value is -4.14. The number of hydrogen-bond donors (Lipinski definition) is 2. The lowest BCUT2D eigenvalue weighted by Crippen LogP contribution is -2.51. The topological polar surface area (TPSA) is 94.8 Å². The third-order valence-corrected chi connectivity index (χ3v) is 9.51. The molecule has 0 unspecified atom stereocenters. The first-order valence-corrected chi connectivity index (χ1v) is 14.7. The molecule has 0 saturated carbocycles.